The molecular formula is C23H24FN4O. The number of piperidine rings is 1. The normalized spacial score (nSPS) is 16.4. The van der Waals surface area contributed by atoms with Crippen LogP contribution in [0.25, 0.3) is 11.1 Å². The first-order chi connectivity index (χ1) is 14.1. The van der Waals surface area contributed by atoms with Gasteiger partial charge in [0.2, 0.25) is 0 Å². The molecule has 1 aromatic heterocycles. The van der Waals surface area contributed by atoms with Gasteiger partial charge in [-0.1, -0.05) is 54.5 Å². The number of hydrogen-bond donors (Lipinski definition) is 1. The van der Waals surface area contributed by atoms with Crippen molar-refractivity contribution in [3.05, 3.63) is 71.7 Å². The molecule has 1 aliphatic heterocycles. The average Bonchev–Trinajstić information content (AvgIpc) is 3.22. The van der Waals surface area contributed by atoms with E-state index < -0.39 is 0 Å². The highest BCUT2D eigenvalue weighted by molar-refractivity contribution is 5.64. The molecule has 2 heterocycles. The molecule has 1 radical (unpaired) electrons. The fourth-order valence-corrected chi connectivity index (χ4v) is 3.48. The van der Waals surface area contributed by atoms with Gasteiger partial charge in [0.05, 0.1) is 5.69 Å². The Bertz CT molecular complexity index is 978. The molecule has 149 valence electrons. The minimum absolute atomic E-state index is 0.116. The second-order valence-electron chi connectivity index (χ2n) is 7.45. The Morgan fingerprint density at radius 1 is 1.17 bits per heavy atom. The second-order valence-corrected chi connectivity index (χ2v) is 7.45. The fourth-order valence-electron chi connectivity index (χ4n) is 3.48. The molecule has 0 saturated carbocycles. The van der Waals surface area contributed by atoms with Crippen LogP contribution in [0.2, 0.25) is 0 Å². The third-order valence-corrected chi connectivity index (χ3v) is 5.38. The Morgan fingerprint density at radius 3 is 2.66 bits per heavy atom. The third kappa shape index (κ3) is 4.54. The van der Waals surface area contributed by atoms with E-state index in [0.29, 0.717) is 17.1 Å². The number of aliphatic imine (C=N–C) groups is 1. The summed E-state index contributed by atoms with van der Waals surface area (Å²) in [7, 11) is 0. The number of likely N-dealkylation sites (tertiary alicyclic amines) is 1. The van der Waals surface area contributed by atoms with Crippen LogP contribution in [0.5, 0.6) is 0 Å². The SMILES string of the molecule is CC(c1ccc(-c2ccccc2)c(F)c1)c1cc(/N=[C]/N2CCC(N)CC2)on1. The van der Waals surface area contributed by atoms with Crippen molar-refractivity contribution in [2.24, 2.45) is 10.7 Å². The van der Waals surface area contributed by atoms with Crippen LogP contribution in [-0.2, 0) is 0 Å². The number of nitrogens with zero attached hydrogens (tertiary/aromatic N) is 3. The van der Waals surface area contributed by atoms with Crippen LogP contribution >= 0.6 is 0 Å². The van der Waals surface area contributed by atoms with Crippen molar-refractivity contribution in [1.29, 1.82) is 0 Å². The zero-order valence-electron chi connectivity index (χ0n) is 16.4. The van der Waals surface area contributed by atoms with E-state index in [2.05, 4.69) is 16.5 Å². The monoisotopic (exact) mass is 391 g/mol. The second kappa shape index (κ2) is 8.57. The van der Waals surface area contributed by atoms with Crippen molar-refractivity contribution in [2.45, 2.75) is 31.7 Å². The van der Waals surface area contributed by atoms with E-state index in [-0.39, 0.29) is 17.8 Å². The predicted molar refractivity (Wildman–Crippen MR) is 112 cm³/mol. The van der Waals surface area contributed by atoms with E-state index in [4.69, 9.17) is 10.3 Å². The van der Waals surface area contributed by atoms with Gasteiger partial charge < -0.3 is 15.2 Å². The van der Waals surface area contributed by atoms with Gasteiger partial charge in [-0.05, 0) is 30.0 Å². The van der Waals surface area contributed by atoms with Gasteiger partial charge >= 0.3 is 0 Å². The van der Waals surface area contributed by atoms with Crippen LogP contribution in [-0.4, -0.2) is 35.5 Å². The van der Waals surface area contributed by atoms with Crippen LogP contribution < -0.4 is 5.73 Å². The summed E-state index contributed by atoms with van der Waals surface area (Å²) in [5.74, 6) is 0.0250. The highest BCUT2D eigenvalue weighted by atomic mass is 19.1. The van der Waals surface area contributed by atoms with Crippen molar-refractivity contribution in [3.8, 4) is 11.1 Å². The Kier molecular flexibility index (Phi) is 5.71. The Labute approximate surface area is 170 Å². The molecule has 0 spiro atoms. The standard InChI is InChI=1S/C23H24FN4O/c1-16(18-7-8-20(21(24)13-18)17-5-3-2-4-6-17)22-14-23(29-27-22)26-15-28-11-9-19(25)10-12-28/h2-8,13-14,16,19H,9-12,25H2,1H3. The molecule has 6 heteroatoms. The molecule has 0 aliphatic carbocycles. The summed E-state index contributed by atoms with van der Waals surface area (Å²) in [6, 6.07) is 16.9. The Morgan fingerprint density at radius 2 is 1.93 bits per heavy atom. The van der Waals surface area contributed by atoms with Gasteiger partial charge in [0.15, 0.2) is 6.34 Å². The zero-order valence-corrected chi connectivity index (χ0v) is 16.4. The molecule has 1 aliphatic rings. The summed E-state index contributed by atoms with van der Waals surface area (Å²) >= 11 is 0. The first kappa shape index (κ1) is 19.3. The Balaban J connectivity index is 1.46. The summed E-state index contributed by atoms with van der Waals surface area (Å²) in [6.07, 6.45) is 4.87. The number of benzene rings is 2. The largest absolute Gasteiger partial charge is 0.353 e. The zero-order chi connectivity index (χ0) is 20.2. The molecule has 5 nitrogen and oxygen atoms in total. The molecule has 4 rings (SSSR count). The summed E-state index contributed by atoms with van der Waals surface area (Å²) < 4.78 is 20.0. The summed E-state index contributed by atoms with van der Waals surface area (Å²) in [5.41, 5.74) is 8.89. The molecular weight excluding hydrogens is 367 g/mol. The van der Waals surface area contributed by atoms with E-state index in [9.17, 15) is 4.39 Å². The van der Waals surface area contributed by atoms with Crippen LogP contribution in [0, 0.1) is 5.82 Å². The van der Waals surface area contributed by atoms with Gasteiger partial charge in [0.25, 0.3) is 5.88 Å². The number of halogens is 1. The van der Waals surface area contributed by atoms with Gasteiger partial charge in [-0.3, -0.25) is 0 Å². The number of hydrogen-bond acceptors (Lipinski definition) is 4. The molecule has 29 heavy (non-hydrogen) atoms. The highest BCUT2D eigenvalue weighted by Gasteiger charge is 2.17. The van der Waals surface area contributed by atoms with E-state index in [1.165, 1.54) is 0 Å². The van der Waals surface area contributed by atoms with Crippen LogP contribution in [0.4, 0.5) is 10.3 Å². The molecule has 2 N–H and O–H groups in total. The highest BCUT2D eigenvalue weighted by Crippen LogP contribution is 2.30. The maximum atomic E-state index is 14.7. The summed E-state index contributed by atoms with van der Waals surface area (Å²) in [6.45, 7) is 3.66. The minimum Gasteiger partial charge on any atom is -0.353 e. The lowest BCUT2D eigenvalue weighted by molar-refractivity contribution is 0.320. The molecule has 1 saturated heterocycles. The maximum Gasteiger partial charge on any atom is 0.252 e. The van der Waals surface area contributed by atoms with Crippen molar-refractivity contribution >= 4 is 12.2 Å². The molecule has 0 bridgehead atoms. The van der Waals surface area contributed by atoms with E-state index in [1.807, 2.05) is 54.3 Å². The number of rotatable bonds is 5. The first-order valence-electron chi connectivity index (χ1n) is 9.88. The number of nitrogens with two attached hydrogens (primary N) is 1. The third-order valence-electron chi connectivity index (χ3n) is 5.38. The van der Waals surface area contributed by atoms with Crippen LogP contribution in [0.15, 0.2) is 64.1 Å². The summed E-state index contributed by atoms with van der Waals surface area (Å²) in [5, 5.41) is 4.11. The fraction of sp³-hybridized carbons (Fsp3) is 0.304. The molecule has 1 fully saturated rings. The lowest BCUT2D eigenvalue weighted by Gasteiger charge is -2.27. The van der Waals surface area contributed by atoms with Gasteiger partial charge in [0.1, 0.15) is 5.82 Å². The van der Waals surface area contributed by atoms with Gasteiger partial charge in [-0.15, -0.1) is 0 Å². The van der Waals surface area contributed by atoms with E-state index in [0.717, 1.165) is 37.1 Å². The van der Waals surface area contributed by atoms with Gasteiger partial charge in [-0.25, -0.2) is 4.39 Å². The molecule has 1 atom stereocenters. The van der Waals surface area contributed by atoms with E-state index in [1.54, 1.807) is 12.1 Å². The predicted octanol–water partition coefficient (Wildman–Crippen LogP) is 4.59. The molecule has 1 unspecified atom stereocenters. The minimum atomic E-state index is -0.251. The summed E-state index contributed by atoms with van der Waals surface area (Å²) in [4.78, 5) is 6.26. The average molecular weight is 391 g/mol. The van der Waals surface area contributed by atoms with E-state index >= 15 is 0 Å². The topological polar surface area (TPSA) is 67.7 Å². The molecule has 3 aromatic rings. The Hall–Kier alpha value is -2.99. The lowest BCUT2D eigenvalue weighted by Crippen LogP contribution is -2.38. The van der Waals surface area contributed by atoms with Gasteiger partial charge in [0, 0.05) is 36.7 Å². The molecule has 2 aromatic carbocycles. The number of aromatic nitrogens is 1. The van der Waals surface area contributed by atoms with Crippen molar-refractivity contribution < 1.29 is 8.91 Å². The molecule has 0 amide bonds. The van der Waals surface area contributed by atoms with Crippen molar-refractivity contribution in [3.63, 3.8) is 0 Å². The van der Waals surface area contributed by atoms with Crippen LogP contribution in [0.3, 0.4) is 0 Å². The first-order valence-corrected chi connectivity index (χ1v) is 9.88. The van der Waals surface area contributed by atoms with Crippen molar-refractivity contribution in [1.82, 2.24) is 10.1 Å². The van der Waals surface area contributed by atoms with Gasteiger partial charge in [-0.2, -0.15) is 4.99 Å². The smallest absolute Gasteiger partial charge is 0.252 e. The van der Waals surface area contributed by atoms with Crippen molar-refractivity contribution in [2.75, 3.05) is 13.1 Å². The lowest BCUT2D eigenvalue weighted by atomic mass is 9.95. The maximum absolute atomic E-state index is 14.7. The van der Waals surface area contributed by atoms with Crippen LogP contribution in [0.1, 0.15) is 36.9 Å². The quantitative estimate of drug-likeness (QED) is 0.510.